The predicted octanol–water partition coefficient (Wildman–Crippen LogP) is 2.61. The summed E-state index contributed by atoms with van der Waals surface area (Å²) in [6.45, 7) is 5.65. The Morgan fingerprint density at radius 1 is 1.29 bits per heavy atom. The van der Waals surface area contributed by atoms with Crippen LogP contribution >= 0.6 is 22.6 Å². The molecule has 0 heterocycles. The summed E-state index contributed by atoms with van der Waals surface area (Å²) in [7, 11) is 0. The van der Waals surface area contributed by atoms with Gasteiger partial charge in [-0.25, -0.2) is 4.79 Å². The van der Waals surface area contributed by atoms with Gasteiger partial charge in [0.15, 0.2) is 0 Å². The van der Waals surface area contributed by atoms with Gasteiger partial charge in [-0.15, -0.1) is 0 Å². The van der Waals surface area contributed by atoms with E-state index in [4.69, 9.17) is 14.6 Å². The lowest BCUT2D eigenvalue weighted by atomic mass is 10.2. The van der Waals surface area contributed by atoms with E-state index in [2.05, 4.69) is 27.9 Å². The fourth-order valence-corrected chi connectivity index (χ4v) is 2.02. The second kappa shape index (κ2) is 9.63. The van der Waals surface area contributed by atoms with Gasteiger partial charge < -0.3 is 14.6 Å². The lowest BCUT2D eigenvalue weighted by Crippen LogP contribution is -2.45. The Labute approximate surface area is 155 Å². The van der Waals surface area contributed by atoms with Gasteiger partial charge in [0.25, 0.3) is 0 Å². The molecule has 2 N–H and O–H groups in total. The van der Waals surface area contributed by atoms with Crippen molar-refractivity contribution < 1.29 is 24.2 Å². The molecule has 0 saturated heterocycles. The number of hydrogen-bond donors (Lipinski definition) is 2. The number of benzene rings is 1. The third-order valence-corrected chi connectivity index (χ3v) is 3.38. The van der Waals surface area contributed by atoms with E-state index >= 15 is 0 Å². The van der Waals surface area contributed by atoms with Crippen LogP contribution in [0.2, 0.25) is 0 Å². The van der Waals surface area contributed by atoms with Crippen LogP contribution in [0.1, 0.15) is 20.8 Å². The van der Waals surface area contributed by atoms with Crippen LogP contribution in [-0.2, 0) is 14.3 Å². The minimum Gasteiger partial charge on any atom is -0.491 e. The molecule has 0 aliphatic carbocycles. The minimum atomic E-state index is -1.04. The van der Waals surface area contributed by atoms with Gasteiger partial charge in [-0.2, -0.15) is 0 Å². The van der Waals surface area contributed by atoms with Crippen molar-refractivity contribution in [2.75, 3.05) is 13.2 Å². The molecule has 24 heavy (non-hydrogen) atoms. The molecule has 0 aliphatic rings. The maximum atomic E-state index is 12.3. The number of carboxylic acid groups (broad SMARTS) is 1. The monoisotopic (exact) mass is 447 g/mol. The quantitative estimate of drug-likeness (QED) is 0.362. The number of hydrogen-bond acceptors (Lipinski definition) is 5. The van der Waals surface area contributed by atoms with Crippen LogP contribution in [0.3, 0.4) is 0 Å². The van der Waals surface area contributed by atoms with E-state index in [9.17, 15) is 9.59 Å². The number of ether oxygens (including phenoxy) is 2. The molecule has 1 atom stereocenters. The zero-order chi connectivity index (χ0) is 18.2. The maximum absolute atomic E-state index is 12.3. The van der Waals surface area contributed by atoms with Crippen molar-refractivity contribution >= 4 is 34.5 Å². The number of nitrogens with one attached hydrogen (secondary N) is 1. The average Bonchev–Trinajstić information content (AvgIpc) is 2.46. The number of carbonyl (C=O) groups is 2. The van der Waals surface area contributed by atoms with Gasteiger partial charge in [0, 0.05) is 16.2 Å². The van der Waals surface area contributed by atoms with Crippen molar-refractivity contribution in [3.8, 4) is 5.75 Å². The first-order valence-electron chi connectivity index (χ1n) is 7.41. The number of aliphatic carboxylic acids is 1. The van der Waals surface area contributed by atoms with E-state index in [-0.39, 0.29) is 13.2 Å². The molecular formula is C17H22INO5. The van der Waals surface area contributed by atoms with Crippen molar-refractivity contribution in [2.24, 2.45) is 0 Å². The van der Waals surface area contributed by atoms with E-state index in [0.717, 1.165) is 9.65 Å². The molecule has 0 fully saturated rings. The summed E-state index contributed by atoms with van der Waals surface area (Å²) < 4.78 is 12.1. The Hall–Kier alpha value is -1.61. The van der Waals surface area contributed by atoms with Gasteiger partial charge in [-0.05, 0) is 67.6 Å². The highest BCUT2D eigenvalue weighted by Gasteiger charge is 2.25. The summed E-state index contributed by atoms with van der Waals surface area (Å²) in [5.41, 5.74) is -0.614. The molecule has 1 aromatic rings. The Kier molecular flexibility index (Phi) is 8.20. The number of carboxylic acids is 1. The molecule has 1 unspecified atom stereocenters. The van der Waals surface area contributed by atoms with E-state index in [1.54, 1.807) is 20.8 Å². The van der Waals surface area contributed by atoms with Crippen LogP contribution in [0.15, 0.2) is 36.4 Å². The van der Waals surface area contributed by atoms with Crippen LogP contribution in [0.4, 0.5) is 0 Å². The molecule has 0 aromatic heterocycles. The lowest BCUT2D eigenvalue weighted by molar-refractivity contribution is -0.158. The Balaban J connectivity index is 2.66. The SMILES string of the molecule is CC(C)(C)OC(=O)C(COc1ccc(I)cc1)NC/C=C\C(=O)O. The Morgan fingerprint density at radius 3 is 2.46 bits per heavy atom. The van der Waals surface area contributed by atoms with Crippen LogP contribution in [0, 0.1) is 3.57 Å². The van der Waals surface area contributed by atoms with Crippen molar-refractivity contribution in [1.29, 1.82) is 0 Å². The highest BCUT2D eigenvalue weighted by molar-refractivity contribution is 14.1. The maximum Gasteiger partial charge on any atom is 0.328 e. The predicted molar refractivity (Wildman–Crippen MR) is 99.1 cm³/mol. The number of halogens is 1. The van der Waals surface area contributed by atoms with E-state index < -0.39 is 23.6 Å². The molecule has 1 aromatic carbocycles. The molecule has 0 bridgehead atoms. The first kappa shape index (κ1) is 20.4. The van der Waals surface area contributed by atoms with Gasteiger partial charge in [0.1, 0.15) is 24.0 Å². The van der Waals surface area contributed by atoms with Crippen LogP contribution in [-0.4, -0.2) is 41.8 Å². The molecule has 0 spiro atoms. The average molecular weight is 447 g/mol. The second-order valence-electron chi connectivity index (χ2n) is 6.00. The van der Waals surface area contributed by atoms with Crippen molar-refractivity contribution in [1.82, 2.24) is 5.32 Å². The normalized spacial score (nSPS) is 12.8. The van der Waals surface area contributed by atoms with Crippen LogP contribution in [0.25, 0.3) is 0 Å². The molecule has 7 heteroatoms. The van der Waals surface area contributed by atoms with E-state index in [0.29, 0.717) is 5.75 Å². The molecule has 6 nitrogen and oxygen atoms in total. The summed E-state index contributed by atoms with van der Waals surface area (Å²) >= 11 is 2.19. The molecular weight excluding hydrogens is 425 g/mol. The van der Waals surface area contributed by atoms with Crippen molar-refractivity contribution in [3.63, 3.8) is 0 Å². The van der Waals surface area contributed by atoms with Gasteiger partial charge >= 0.3 is 11.9 Å². The number of carbonyl (C=O) groups excluding carboxylic acids is 1. The van der Waals surface area contributed by atoms with Gasteiger partial charge in [-0.1, -0.05) is 6.08 Å². The zero-order valence-electron chi connectivity index (χ0n) is 13.9. The van der Waals surface area contributed by atoms with Crippen molar-refractivity contribution in [2.45, 2.75) is 32.4 Å². The molecule has 1 rings (SSSR count). The highest BCUT2D eigenvalue weighted by atomic mass is 127. The summed E-state index contributed by atoms with van der Waals surface area (Å²) in [6.07, 6.45) is 2.43. The molecule has 0 saturated carbocycles. The summed E-state index contributed by atoms with van der Waals surface area (Å²) in [6, 6.07) is 6.74. The molecule has 132 valence electrons. The first-order valence-corrected chi connectivity index (χ1v) is 8.49. The minimum absolute atomic E-state index is 0.0798. The topological polar surface area (TPSA) is 84.9 Å². The number of rotatable bonds is 8. The third-order valence-electron chi connectivity index (χ3n) is 2.66. The van der Waals surface area contributed by atoms with Crippen molar-refractivity contribution in [3.05, 3.63) is 40.0 Å². The Morgan fingerprint density at radius 2 is 1.92 bits per heavy atom. The summed E-state index contributed by atoms with van der Waals surface area (Å²) in [4.78, 5) is 22.7. The van der Waals surface area contributed by atoms with Gasteiger partial charge in [0.05, 0.1) is 0 Å². The largest absolute Gasteiger partial charge is 0.491 e. The third kappa shape index (κ3) is 8.88. The fraction of sp³-hybridized carbons (Fsp3) is 0.412. The Bertz CT molecular complexity index is 578. The zero-order valence-corrected chi connectivity index (χ0v) is 16.1. The standard InChI is InChI=1S/C17H22INO5/c1-17(2,3)24-16(22)14(19-10-4-5-15(20)21)11-23-13-8-6-12(18)7-9-13/h4-9,14,19H,10-11H2,1-3H3,(H,20,21)/b5-4-. The fourth-order valence-electron chi connectivity index (χ4n) is 1.66. The highest BCUT2D eigenvalue weighted by Crippen LogP contribution is 2.14. The van der Waals surface area contributed by atoms with Crippen LogP contribution < -0.4 is 10.1 Å². The first-order chi connectivity index (χ1) is 11.2. The lowest BCUT2D eigenvalue weighted by Gasteiger charge is -2.24. The summed E-state index contributed by atoms with van der Waals surface area (Å²) in [5, 5.41) is 11.5. The van der Waals surface area contributed by atoms with Crippen LogP contribution in [0.5, 0.6) is 5.75 Å². The number of esters is 1. The summed E-state index contributed by atoms with van der Waals surface area (Å²) in [5.74, 6) is -0.843. The molecule has 0 amide bonds. The molecule has 0 aliphatic heterocycles. The van der Waals surface area contributed by atoms with E-state index in [1.165, 1.54) is 6.08 Å². The smallest absolute Gasteiger partial charge is 0.328 e. The molecule has 0 radical (unpaired) electrons. The van der Waals surface area contributed by atoms with Gasteiger partial charge in [-0.3, -0.25) is 10.1 Å². The van der Waals surface area contributed by atoms with E-state index in [1.807, 2.05) is 24.3 Å². The van der Waals surface area contributed by atoms with Gasteiger partial charge in [0.2, 0.25) is 0 Å². The second-order valence-corrected chi connectivity index (χ2v) is 7.25.